The third-order valence-corrected chi connectivity index (χ3v) is 7.33. The molecule has 0 aromatic heterocycles. The van der Waals surface area contributed by atoms with Crippen LogP contribution in [0.3, 0.4) is 0 Å². The van der Waals surface area contributed by atoms with Gasteiger partial charge in [-0.25, -0.2) is 0 Å². The molecule has 2 fully saturated rings. The molecule has 1 heterocycles. The van der Waals surface area contributed by atoms with Crippen molar-refractivity contribution >= 4 is 11.1 Å². The van der Waals surface area contributed by atoms with Crippen LogP contribution in [-0.4, -0.2) is 35.7 Å². The SMILES string of the molecule is OCCCC(=C(c1ccccc1)c1ccc(C2CCN(C3CC3)CC2)cc1)c1ccccc1. The third kappa shape index (κ3) is 5.29. The van der Waals surface area contributed by atoms with Gasteiger partial charge in [-0.3, -0.25) is 0 Å². The molecule has 0 unspecified atom stereocenters. The van der Waals surface area contributed by atoms with Crippen LogP contribution in [0.4, 0.5) is 0 Å². The maximum atomic E-state index is 9.60. The second kappa shape index (κ2) is 10.5. The molecule has 1 N–H and O–H groups in total. The van der Waals surface area contributed by atoms with E-state index in [0.717, 1.165) is 18.9 Å². The first-order valence-corrected chi connectivity index (χ1v) is 12.6. The molecule has 0 atom stereocenters. The number of aliphatic hydroxyl groups is 1. The van der Waals surface area contributed by atoms with Crippen LogP contribution in [0.15, 0.2) is 84.9 Å². The molecule has 3 aromatic carbocycles. The van der Waals surface area contributed by atoms with E-state index in [9.17, 15) is 5.11 Å². The topological polar surface area (TPSA) is 23.5 Å². The van der Waals surface area contributed by atoms with E-state index in [1.54, 1.807) is 0 Å². The zero-order valence-corrected chi connectivity index (χ0v) is 19.5. The molecule has 33 heavy (non-hydrogen) atoms. The largest absolute Gasteiger partial charge is 0.396 e. The lowest BCUT2D eigenvalue weighted by Crippen LogP contribution is -2.34. The Balaban J connectivity index is 1.48. The van der Waals surface area contributed by atoms with Crippen molar-refractivity contribution < 1.29 is 5.11 Å². The summed E-state index contributed by atoms with van der Waals surface area (Å²) < 4.78 is 0. The molecule has 1 saturated carbocycles. The first-order chi connectivity index (χ1) is 16.3. The van der Waals surface area contributed by atoms with Crippen LogP contribution in [0.25, 0.3) is 11.1 Å². The quantitative estimate of drug-likeness (QED) is 0.394. The van der Waals surface area contributed by atoms with Gasteiger partial charge in [0, 0.05) is 12.6 Å². The number of rotatable bonds is 8. The molecule has 2 aliphatic rings. The van der Waals surface area contributed by atoms with Crippen molar-refractivity contribution in [1.82, 2.24) is 4.90 Å². The van der Waals surface area contributed by atoms with Crippen molar-refractivity contribution in [3.8, 4) is 0 Å². The third-order valence-electron chi connectivity index (χ3n) is 7.33. The normalized spacial score (nSPS) is 18.2. The Labute approximate surface area is 198 Å². The molecule has 0 bridgehead atoms. The number of hydrogen-bond acceptors (Lipinski definition) is 2. The Morgan fingerprint density at radius 2 is 1.27 bits per heavy atom. The van der Waals surface area contributed by atoms with E-state index in [1.807, 2.05) is 0 Å². The Hall–Kier alpha value is -2.68. The first-order valence-electron chi connectivity index (χ1n) is 12.6. The van der Waals surface area contributed by atoms with E-state index in [2.05, 4.69) is 89.8 Å². The van der Waals surface area contributed by atoms with Gasteiger partial charge >= 0.3 is 0 Å². The van der Waals surface area contributed by atoms with Crippen LogP contribution in [0.5, 0.6) is 0 Å². The Bertz CT molecular complexity index is 1040. The van der Waals surface area contributed by atoms with Crippen molar-refractivity contribution in [2.75, 3.05) is 19.7 Å². The Kier molecular flexibility index (Phi) is 7.04. The fourth-order valence-corrected chi connectivity index (χ4v) is 5.39. The molecular weight excluding hydrogens is 402 g/mol. The van der Waals surface area contributed by atoms with Gasteiger partial charge in [0.2, 0.25) is 0 Å². The highest BCUT2D eigenvalue weighted by Crippen LogP contribution is 2.37. The van der Waals surface area contributed by atoms with Gasteiger partial charge in [0.05, 0.1) is 0 Å². The minimum atomic E-state index is 0.205. The molecule has 2 nitrogen and oxygen atoms in total. The molecule has 1 aliphatic carbocycles. The average molecular weight is 438 g/mol. The smallest absolute Gasteiger partial charge is 0.0434 e. The highest BCUT2D eigenvalue weighted by Gasteiger charge is 2.32. The van der Waals surface area contributed by atoms with Crippen molar-refractivity contribution in [1.29, 1.82) is 0 Å². The predicted molar refractivity (Wildman–Crippen MR) is 138 cm³/mol. The van der Waals surface area contributed by atoms with Gasteiger partial charge in [-0.05, 0) is 90.9 Å². The summed E-state index contributed by atoms with van der Waals surface area (Å²) in [6.45, 7) is 2.72. The van der Waals surface area contributed by atoms with Crippen molar-refractivity contribution in [3.63, 3.8) is 0 Å². The van der Waals surface area contributed by atoms with Gasteiger partial charge in [-0.1, -0.05) is 84.9 Å². The number of likely N-dealkylation sites (tertiary alicyclic amines) is 1. The van der Waals surface area contributed by atoms with Crippen LogP contribution in [0.1, 0.15) is 66.7 Å². The minimum absolute atomic E-state index is 0.205. The van der Waals surface area contributed by atoms with Crippen LogP contribution in [-0.2, 0) is 0 Å². The molecule has 3 aromatic rings. The summed E-state index contributed by atoms with van der Waals surface area (Å²) >= 11 is 0. The number of benzene rings is 3. The zero-order chi connectivity index (χ0) is 22.5. The van der Waals surface area contributed by atoms with E-state index in [-0.39, 0.29) is 6.61 Å². The number of piperidine rings is 1. The highest BCUT2D eigenvalue weighted by molar-refractivity contribution is 5.98. The van der Waals surface area contributed by atoms with Gasteiger partial charge in [0.15, 0.2) is 0 Å². The maximum Gasteiger partial charge on any atom is 0.0434 e. The van der Waals surface area contributed by atoms with Gasteiger partial charge < -0.3 is 10.0 Å². The Morgan fingerprint density at radius 1 is 0.697 bits per heavy atom. The molecule has 0 amide bonds. The lowest BCUT2D eigenvalue weighted by atomic mass is 9.85. The summed E-state index contributed by atoms with van der Waals surface area (Å²) in [5, 5.41) is 9.60. The molecule has 1 aliphatic heterocycles. The van der Waals surface area contributed by atoms with E-state index < -0.39 is 0 Å². The van der Waals surface area contributed by atoms with Crippen molar-refractivity contribution in [2.24, 2.45) is 0 Å². The van der Waals surface area contributed by atoms with Crippen LogP contribution in [0, 0.1) is 0 Å². The van der Waals surface area contributed by atoms with Crippen LogP contribution >= 0.6 is 0 Å². The second-order valence-electron chi connectivity index (χ2n) is 9.58. The number of hydrogen-bond donors (Lipinski definition) is 1. The fraction of sp³-hybridized carbons (Fsp3) is 0.355. The monoisotopic (exact) mass is 437 g/mol. The molecule has 1 saturated heterocycles. The van der Waals surface area contributed by atoms with E-state index >= 15 is 0 Å². The summed E-state index contributed by atoms with van der Waals surface area (Å²) in [4.78, 5) is 2.70. The summed E-state index contributed by atoms with van der Waals surface area (Å²) in [5.41, 5.74) is 7.81. The maximum absolute atomic E-state index is 9.60. The summed E-state index contributed by atoms with van der Waals surface area (Å²) in [7, 11) is 0. The molecule has 0 spiro atoms. The lowest BCUT2D eigenvalue weighted by Gasteiger charge is -2.32. The molecule has 5 rings (SSSR count). The standard InChI is InChI=1S/C31H35NO/c33-23-7-12-30(26-8-3-1-4-9-26)31(27-10-5-2-6-11-27)28-15-13-24(14-16-28)25-19-21-32(22-20-25)29-17-18-29/h1-6,8-11,13-16,25,29,33H,7,12,17-23H2. The lowest BCUT2D eigenvalue weighted by molar-refractivity contribution is 0.203. The van der Waals surface area contributed by atoms with E-state index in [4.69, 9.17) is 0 Å². The van der Waals surface area contributed by atoms with Gasteiger partial charge in [0.25, 0.3) is 0 Å². The predicted octanol–water partition coefficient (Wildman–Crippen LogP) is 6.76. The van der Waals surface area contributed by atoms with Crippen LogP contribution < -0.4 is 0 Å². The molecule has 0 radical (unpaired) electrons. The van der Waals surface area contributed by atoms with E-state index in [1.165, 1.54) is 72.2 Å². The van der Waals surface area contributed by atoms with Gasteiger partial charge in [0.1, 0.15) is 0 Å². The van der Waals surface area contributed by atoms with Crippen LogP contribution in [0.2, 0.25) is 0 Å². The number of nitrogens with zero attached hydrogens (tertiary/aromatic N) is 1. The summed E-state index contributed by atoms with van der Waals surface area (Å²) in [5.74, 6) is 0.682. The second-order valence-corrected chi connectivity index (χ2v) is 9.58. The van der Waals surface area contributed by atoms with Gasteiger partial charge in [-0.15, -0.1) is 0 Å². The minimum Gasteiger partial charge on any atom is -0.396 e. The summed E-state index contributed by atoms with van der Waals surface area (Å²) in [6.07, 6.45) is 7.00. The molecular formula is C31H35NO. The fourth-order valence-electron chi connectivity index (χ4n) is 5.39. The number of aliphatic hydroxyl groups excluding tert-OH is 1. The van der Waals surface area contributed by atoms with E-state index in [0.29, 0.717) is 5.92 Å². The summed E-state index contributed by atoms with van der Waals surface area (Å²) in [6, 6.07) is 31.7. The number of allylic oxidation sites excluding steroid dienone is 1. The average Bonchev–Trinajstić information content (AvgIpc) is 3.74. The zero-order valence-electron chi connectivity index (χ0n) is 19.5. The molecule has 2 heteroatoms. The molecule has 170 valence electrons. The van der Waals surface area contributed by atoms with Crippen molar-refractivity contribution in [2.45, 2.75) is 50.5 Å². The first kappa shape index (κ1) is 22.1. The highest BCUT2D eigenvalue weighted by atomic mass is 16.2. The Morgan fingerprint density at radius 3 is 1.85 bits per heavy atom. The van der Waals surface area contributed by atoms with Gasteiger partial charge in [-0.2, -0.15) is 0 Å². The van der Waals surface area contributed by atoms with Crippen molar-refractivity contribution in [3.05, 3.63) is 107 Å².